The number of amides is 1. The van der Waals surface area contributed by atoms with E-state index >= 15 is 0 Å². The first-order valence-corrected chi connectivity index (χ1v) is 14.5. The topological polar surface area (TPSA) is 102 Å². The van der Waals surface area contributed by atoms with Gasteiger partial charge in [-0.1, -0.05) is 61.9 Å². The van der Waals surface area contributed by atoms with Crippen LogP contribution >= 0.6 is 0 Å². The molecule has 1 aliphatic heterocycles. The highest BCUT2D eigenvalue weighted by molar-refractivity contribution is 5.81. The lowest BCUT2D eigenvalue weighted by Gasteiger charge is -2.34. The molecular formula is C31H39N7O2. The van der Waals surface area contributed by atoms with Gasteiger partial charge in [0.05, 0.1) is 0 Å². The average Bonchev–Trinajstić information content (AvgIpc) is 3.61. The smallest absolute Gasteiger partial charge is 0.271 e. The zero-order valence-corrected chi connectivity index (χ0v) is 23.9. The molecule has 0 fully saturated rings. The molecular weight excluding hydrogens is 502 g/mol. The normalized spacial score (nSPS) is 16.6. The van der Waals surface area contributed by atoms with Crippen molar-refractivity contribution in [2.24, 2.45) is 0 Å². The first-order valence-electron chi connectivity index (χ1n) is 14.5. The van der Waals surface area contributed by atoms with Crippen molar-refractivity contribution in [1.82, 2.24) is 34.9 Å². The fraction of sp³-hybridized carbons (Fsp3) is 0.452. The van der Waals surface area contributed by atoms with Gasteiger partial charge in [0.25, 0.3) is 5.56 Å². The van der Waals surface area contributed by atoms with Gasteiger partial charge in [0.15, 0.2) is 0 Å². The Hall–Kier alpha value is -4.01. The molecule has 9 nitrogen and oxygen atoms in total. The molecule has 2 aromatic carbocycles. The lowest BCUT2D eigenvalue weighted by molar-refractivity contribution is -0.136. The number of fused-ring (bicyclic) bond motifs is 1. The number of hydrogen-bond acceptors (Lipinski definition) is 5. The maximum absolute atomic E-state index is 14.1. The molecule has 2 unspecified atom stereocenters. The van der Waals surface area contributed by atoms with Crippen LogP contribution < -0.4 is 5.56 Å². The van der Waals surface area contributed by atoms with E-state index in [0.29, 0.717) is 31.8 Å². The molecule has 0 aliphatic carbocycles. The minimum Gasteiger partial charge on any atom is -0.341 e. The molecule has 1 aliphatic rings. The van der Waals surface area contributed by atoms with Crippen LogP contribution in [0.1, 0.15) is 82.3 Å². The fourth-order valence-electron chi connectivity index (χ4n) is 6.02. The van der Waals surface area contributed by atoms with Crippen molar-refractivity contribution in [2.45, 2.75) is 78.3 Å². The van der Waals surface area contributed by atoms with Gasteiger partial charge >= 0.3 is 0 Å². The predicted octanol–water partition coefficient (Wildman–Crippen LogP) is 5.19. The van der Waals surface area contributed by atoms with Crippen molar-refractivity contribution in [3.63, 3.8) is 0 Å². The summed E-state index contributed by atoms with van der Waals surface area (Å²) in [5.74, 6) is 0.603. The maximum atomic E-state index is 14.1. The van der Waals surface area contributed by atoms with Gasteiger partial charge in [-0.3, -0.25) is 14.3 Å². The van der Waals surface area contributed by atoms with E-state index in [9.17, 15) is 9.59 Å². The van der Waals surface area contributed by atoms with E-state index in [1.807, 2.05) is 43.0 Å². The Labute approximate surface area is 235 Å². The zero-order valence-electron chi connectivity index (χ0n) is 23.9. The lowest BCUT2D eigenvalue weighted by Crippen LogP contribution is -2.44. The number of nitrogens with one attached hydrogen (secondary N) is 1. The number of H-pyrrole nitrogens is 1. The van der Waals surface area contributed by atoms with Crippen LogP contribution in [0.25, 0.3) is 22.5 Å². The number of aromatic amines is 1. The van der Waals surface area contributed by atoms with Gasteiger partial charge in [-0.05, 0) is 68.4 Å². The molecule has 2 atom stereocenters. The highest BCUT2D eigenvalue weighted by Gasteiger charge is 2.36. The number of rotatable bonds is 10. The highest BCUT2D eigenvalue weighted by atomic mass is 16.2. The van der Waals surface area contributed by atoms with Crippen molar-refractivity contribution < 1.29 is 4.79 Å². The number of hydrogen-bond donors (Lipinski definition) is 1. The van der Waals surface area contributed by atoms with E-state index in [0.717, 1.165) is 59.2 Å². The number of aromatic nitrogens is 6. The van der Waals surface area contributed by atoms with Crippen molar-refractivity contribution >= 4 is 5.91 Å². The minimum atomic E-state index is -0.443. The first-order chi connectivity index (χ1) is 19.5. The third kappa shape index (κ3) is 5.12. The van der Waals surface area contributed by atoms with Gasteiger partial charge in [0, 0.05) is 42.4 Å². The van der Waals surface area contributed by atoms with Gasteiger partial charge in [0.1, 0.15) is 6.04 Å². The van der Waals surface area contributed by atoms with Gasteiger partial charge < -0.3 is 4.90 Å². The number of likely N-dealkylation sites (N-methyl/N-ethyl adjacent to an activating group) is 1. The van der Waals surface area contributed by atoms with E-state index in [-0.39, 0.29) is 17.5 Å². The lowest BCUT2D eigenvalue weighted by atomic mass is 9.96. The van der Waals surface area contributed by atoms with Crippen molar-refractivity contribution in [1.29, 1.82) is 0 Å². The Morgan fingerprint density at radius 2 is 1.73 bits per heavy atom. The third-order valence-corrected chi connectivity index (χ3v) is 8.18. The standard InChI is InChI=1S/C31H39N7O2/c1-5-8-13-27-26(30(39)38-28(19-14-21(4)37(27)38)31(40)36(6-2)7-3)20-22-15-17-23(18-16-22)24-11-9-10-12-25(24)29-32-34-35-33-29/h9-12,15-18,21,28H,5-8,13-14,19-20H2,1-4H3,(H,32,33,34,35). The molecule has 40 heavy (non-hydrogen) atoms. The van der Waals surface area contributed by atoms with Crippen molar-refractivity contribution in [2.75, 3.05) is 13.1 Å². The molecule has 0 spiro atoms. The fourth-order valence-corrected chi connectivity index (χ4v) is 6.02. The van der Waals surface area contributed by atoms with E-state index in [1.165, 1.54) is 0 Å². The summed E-state index contributed by atoms with van der Waals surface area (Å²) in [5.41, 5.74) is 5.92. The third-order valence-electron chi connectivity index (χ3n) is 8.18. The number of nitrogens with zero attached hydrogens (tertiary/aromatic N) is 6. The number of carbonyl (C=O) groups excluding carboxylic acids is 1. The summed E-state index contributed by atoms with van der Waals surface area (Å²) in [5, 5.41) is 14.5. The Balaban J connectivity index is 1.51. The molecule has 0 radical (unpaired) electrons. The summed E-state index contributed by atoms with van der Waals surface area (Å²) >= 11 is 0. The molecule has 1 amide bonds. The summed E-state index contributed by atoms with van der Waals surface area (Å²) in [6.45, 7) is 9.63. The largest absolute Gasteiger partial charge is 0.341 e. The quantitative estimate of drug-likeness (QED) is 0.298. The molecule has 2 aromatic heterocycles. The summed E-state index contributed by atoms with van der Waals surface area (Å²) in [6, 6.07) is 16.1. The van der Waals surface area contributed by atoms with Crippen LogP contribution in [0.2, 0.25) is 0 Å². The van der Waals surface area contributed by atoms with Crippen LogP contribution in [-0.4, -0.2) is 53.9 Å². The summed E-state index contributed by atoms with van der Waals surface area (Å²) < 4.78 is 3.96. The van der Waals surface area contributed by atoms with Crippen LogP contribution in [-0.2, 0) is 17.6 Å². The maximum Gasteiger partial charge on any atom is 0.271 e. The van der Waals surface area contributed by atoms with Crippen LogP contribution in [0, 0.1) is 0 Å². The molecule has 3 heterocycles. The monoisotopic (exact) mass is 541 g/mol. The summed E-state index contributed by atoms with van der Waals surface area (Å²) in [6.07, 6.45) is 5.00. The Bertz CT molecular complexity index is 1500. The van der Waals surface area contributed by atoms with Gasteiger partial charge in [-0.25, -0.2) is 4.68 Å². The molecule has 0 bridgehead atoms. The van der Waals surface area contributed by atoms with Crippen LogP contribution in [0.3, 0.4) is 0 Å². The summed E-state index contributed by atoms with van der Waals surface area (Å²) in [7, 11) is 0. The number of benzene rings is 2. The van der Waals surface area contributed by atoms with Crippen LogP contribution in [0.4, 0.5) is 0 Å². The predicted molar refractivity (Wildman–Crippen MR) is 156 cm³/mol. The van der Waals surface area contributed by atoms with Crippen molar-refractivity contribution in [3.8, 4) is 22.5 Å². The van der Waals surface area contributed by atoms with Crippen LogP contribution in [0.15, 0.2) is 53.3 Å². The molecule has 5 rings (SSSR count). The SMILES string of the molecule is CCCCc1c(Cc2ccc(-c3ccccc3-c3nn[nH]n3)cc2)c(=O)n2n1C(C)CCC2C(=O)N(CC)CC. The Kier molecular flexibility index (Phi) is 8.28. The Morgan fingerprint density at radius 3 is 2.38 bits per heavy atom. The van der Waals surface area contributed by atoms with E-state index in [2.05, 4.69) is 63.4 Å². The van der Waals surface area contributed by atoms with E-state index < -0.39 is 6.04 Å². The molecule has 0 saturated carbocycles. The average molecular weight is 542 g/mol. The molecule has 210 valence electrons. The second-order valence-electron chi connectivity index (χ2n) is 10.6. The first kappa shape index (κ1) is 27.6. The van der Waals surface area contributed by atoms with Gasteiger partial charge in [0.2, 0.25) is 11.7 Å². The molecule has 0 saturated heterocycles. The zero-order chi connectivity index (χ0) is 28.2. The van der Waals surface area contributed by atoms with E-state index in [4.69, 9.17) is 0 Å². The molecule has 4 aromatic rings. The van der Waals surface area contributed by atoms with Gasteiger partial charge in [-0.15, -0.1) is 10.2 Å². The number of tetrazole rings is 1. The second-order valence-corrected chi connectivity index (χ2v) is 10.6. The molecule has 1 N–H and O–H groups in total. The minimum absolute atomic E-state index is 0.0188. The number of carbonyl (C=O) groups is 1. The van der Waals surface area contributed by atoms with Crippen molar-refractivity contribution in [3.05, 3.63) is 75.7 Å². The van der Waals surface area contributed by atoms with Crippen LogP contribution in [0.5, 0.6) is 0 Å². The Morgan fingerprint density at radius 1 is 1.00 bits per heavy atom. The highest BCUT2D eigenvalue weighted by Crippen LogP contribution is 2.33. The number of unbranched alkanes of at least 4 members (excludes halogenated alkanes) is 1. The molecule has 9 heteroatoms. The van der Waals surface area contributed by atoms with Gasteiger partial charge in [-0.2, -0.15) is 5.21 Å². The van der Waals surface area contributed by atoms with E-state index in [1.54, 1.807) is 4.68 Å². The summed E-state index contributed by atoms with van der Waals surface area (Å²) in [4.78, 5) is 29.4. The second kappa shape index (κ2) is 12.0.